The van der Waals surface area contributed by atoms with Crippen molar-refractivity contribution in [3.05, 3.63) is 0 Å². The lowest BCUT2D eigenvalue weighted by molar-refractivity contribution is -0.179. The van der Waals surface area contributed by atoms with Crippen molar-refractivity contribution in [3.63, 3.8) is 0 Å². The molecule has 0 radical (unpaired) electrons. The van der Waals surface area contributed by atoms with Gasteiger partial charge in [0.25, 0.3) is 5.91 Å². The first kappa shape index (κ1) is 14.9. The number of carbonyl (C=O) groups is 2. The van der Waals surface area contributed by atoms with Crippen LogP contribution in [0, 0.1) is 0 Å². The monoisotopic (exact) mass is 237 g/mol. The van der Waals surface area contributed by atoms with Gasteiger partial charge in [0.2, 0.25) is 5.60 Å². The molecule has 0 rings (SSSR count). The van der Waals surface area contributed by atoms with Gasteiger partial charge < -0.3 is 31.3 Å². The Morgan fingerprint density at radius 3 is 2.00 bits per heavy atom. The van der Waals surface area contributed by atoms with E-state index in [1.165, 1.54) is 0 Å². The number of ketones is 1. The largest absolute Gasteiger partial charge is 0.394 e. The van der Waals surface area contributed by atoms with E-state index < -0.39 is 42.2 Å². The van der Waals surface area contributed by atoms with Gasteiger partial charge in [0, 0.05) is 0 Å². The zero-order valence-corrected chi connectivity index (χ0v) is 8.57. The van der Waals surface area contributed by atoms with Crippen molar-refractivity contribution in [1.29, 1.82) is 0 Å². The number of hydrogen-bond donors (Lipinski definition) is 6. The molecule has 0 aromatic rings. The minimum atomic E-state index is -3.00. The third-order valence-corrected chi connectivity index (χ3v) is 2.25. The molecule has 0 aliphatic heterocycles. The Hall–Kier alpha value is -1.06. The van der Waals surface area contributed by atoms with Crippen molar-refractivity contribution in [3.8, 4) is 0 Å². The van der Waals surface area contributed by atoms with Gasteiger partial charge in [0.15, 0.2) is 5.78 Å². The van der Waals surface area contributed by atoms with Crippen molar-refractivity contribution in [2.45, 2.75) is 30.8 Å². The zero-order valence-electron chi connectivity index (χ0n) is 8.57. The van der Waals surface area contributed by atoms with Crippen LogP contribution in [0.3, 0.4) is 0 Å². The van der Waals surface area contributed by atoms with E-state index in [2.05, 4.69) is 0 Å². The lowest BCUT2D eigenvalue weighted by Gasteiger charge is -2.31. The van der Waals surface area contributed by atoms with Crippen LogP contribution in [0.1, 0.15) is 6.92 Å². The molecule has 8 nitrogen and oxygen atoms in total. The van der Waals surface area contributed by atoms with Gasteiger partial charge in [-0.2, -0.15) is 0 Å². The van der Waals surface area contributed by atoms with Crippen LogP contribution < -0.4 is 5.73 Å². The highest BCUT2D eigenvalue weighted by molar-refractivity contribution is 6.08. The maximum absolute atomic E-state index is 11.0. The first-order chi connectivity index (χ1) is 7.19. The Kier molecular flexibility index (Phi) is 4.97. The van der Waals surface area contributed by atoms with E-state index in [4.69, 9.17) is 15.9 Å². The van der Waals surface area contributed by atoms with Gasteiger partial charge in [-0.25, -0.2) is 0 Å². The lowest BCUT2D eigenvalue weighted by Crippen LogP contribution is -2.63. The van der Waals surface area contributed by atoms with Gasteiger partial charge in [0.1, 0.15) is 18.3 Å². The normalized spacial score (nSPS) is 20.6. The number of Topliss-reactive ketones (excluding diaryl/α,β-unsaturated/α-hetero) is 1. The van der Waals surface area contributed by atoms with Crippen molar-refractivity contribution in [2.24, 2.45) is 5.73 Å². The summed E-state index contributed by atoms with van der Waals surface area (Å²) in [5.74, 6) is -2.74. The molecular formula is C8H15NO7. The van der Waals surface area contributed by atoms with E-state index >= 15 is 0 Å². The van der Waals surface area contributed by atoms with E-state index in [1.807, 2.05) is 0 Å². The van der Waals surface area contributed by atoms with E-state index in [-0.39, 0.29) is 0 Å². The number of carbonyl (C=O) groups excluding carboxylic acids is 2. The molecule has 16 heavy (non-hydrogen) atoms. The quantitative estimate of drug-likeness (QED) is 0.255. The number of aliphatic hydroxyl groups is 5. The highest BCUT2D eigenvalue weighted by Crippen LogP contribution is 2.17. The maximum atomic E-state index is 11.0. The summed E-state index contributed by atoms with van der Waals surface area (Å²) >= 11 is 0. The van der Waals surface area contributed by atoms with Gasteiger partial charge in [-0.05, 0) is 6.92 Å². The van der Waals surface area contributed by atoms with Crippen LogP contribution in [0.15, 0.2) is 0 Å². The molecule has 1 amide bonds. The van der Waals surface area contributed by atoms with Crippen LogP contribution in [-0.4, -0.2) is 67.7 Å². The molecule has 7 N–H and O–H groups in total. The molecule has 0 aliphatic carbocycles. The second kappa shape index (κ2) is 5.32. The molecule has 0 aromatic carbocycles. The zero-order chi connectivity index (χ0) is 13.1. The fraction of sp³-hybridized carbons (Fsp3) is 0.750. The second-order valence-electron chi connectivity index (χ2n) is 3.37. The molecule has 0 saturated carbocycles. The van der Waals surface area contributed by atoms with E-state index in [1.54, 1.807) is 0 Å². The smallest absolute Gasteiger partial charge is 0.260 e. The average molecular weight is 237 g/mol. The summed E-state index contributed by atoms with van der Waals surface area (Å²) in [5, 5.41) is 45.6. The first-order valence-electron chi connectivity index (χ1n) is 4.37. The highest BCUT2D eigenvalue weighted by atomic mass is 16.4. The number of amides is 1. The summed E-state index contributed by atoms with van der Waals surface area (Å²) in [6.07, 6.45) is -6.24. The van der Waals surface area contributed by atoms with Gasteiger partial charge in [-0.15, -0.1) is 0 Å². The number of nitrogens with two attached hydrogens (primary N) is 1. The number of hydrogen-bond acceptors (Lipinski definition) is 7. The Labute approximate surface area is 90.9 Å². The molecule has 4 unspecified atom stereocenters. The van der Waals surface area contributed by atoms with Crippen LogP contribution >= 0.6 is 0 Å². The molecule has 0 heterocycles. The molecule has 0 aromatic heterocycles. The Bertz CT molecular complexity index is 266. The fourth-order valence-corrected chi connectivity index (χ4v) is 1.09. The minimum Gasteiger partial charge on any atom is -0.394 e. The fourth-order valence-electron chi connectivity index (χ4n) is 1.09. The van der Waals surface area contributed by atoms with Crippen molar-refractivity contribution >= 4 is 11.7 Å². The predicted octanol–water partition coefficient (Wildman–Crippen LogP) is -4.13. The van der Waals surface area contributed by atoms with Crippen LogP contribution in [0.2, 0.25) is 0 Å². The summed E-state index contributed by atoms with van der Waals surface area (Å²) < 4.78 is 0. The Balaban J connectivity index is 5.11. The van der Waals surface area contributed by atoms with Crippen LogP contribution in [0.5, 0.6) is 0 Å². The summed E-state index contributed by atoms with van der Waals surface area (Å²) in [6.45, 7) is -0.142. The van der Waals surface area contributed by atoms with Gasteiger partial charge >= 0.3 is 0 Å². The van der Waals surface area contributed by atoms with Gasteiger partial charge in [0.05, 0.1) is 6.61 Å². The lowest BCUT2D eigenvalue weighted by atomic mass is 9.86. The van der Waals surface area contributed by atoms with E-state index in [9.17, 15) is 24.9 Å². The third kappa shape index (κ3) is 2.54. The third-order valence-electron chi connectivity index (χ3n) is 2.25. The first-order valence-corrected chi connectivity index (χ1v) is 4.37. The molecule has 0 saturated heterocycles. The van der Waals surface area contributed by atoms with Crippen LogP contribution in [0.25, 0.3) is 0 Å². The van der Waals surface area contributed by atoms with Gasteiger partial charge in [-0.1, -0.05) is 0 Å². The summed E-state index contributed by atoms with van der Waals surface area (Å²) in [5.41, 5.74) is 1.72. The molecule has 8 heteroatoms. The number of aliphatic hydroxyl groups excluding tert-OH is 4. The Morgan fingerprint density at radius 2 is 1.75 bits per heavy atom. The number of rotatable bonds is 6. The molecular weight excluding hydrogens is 222 g/mol. The summed E-state index contributed by atoms with van der Waals surface area (Å²) in [6, 6.07) is 0. The summed E-state index contributed by atoms with van der Waals surface area (Å²) in [7, 11) is 0. The van der Waals surface area contributed by atoms with Crippen LogP contribution in [0.4, 0.5) is 0 Å². The summed E-state index contributed by atoms with van der Waals surface area (Å²) in [4.78, 5) is 21.9. The Morgan fingerprint density at radius 1 is 1.31 bits per heavy atom. The average Bonchev–Trinajstić information content (AvgIpc) is 2.23. The van der Waals surface area contributed by atoms with Crippen molar-refractivity contribution in [1.82, 2.24) is 0 Å². The van der Waals surface area contributed by atoms with E-state index in [0.717, 1.165) is 6.92 Å². The highest BCUT2D eigenvalue weighted by Gasteiger charge is 2.51. The molecule has 0 fully saturated rings. The maximum Gasteiger partial charge on any atom is 0.260 e. The molecule has 0 bridgehead atoms. The molecule has 94 valence electrons. The second-order valence-corrected chi connectivity index (χ2v) is 3.37. The van der Waals surface area contributed by atoms with Crippen molar-refractivity contribution in [2.75, 3.05) is 6.61 Å². The van der Waals surface area contributed by atoms with Crippen LogP contribution in [-0.2, 0) is 9.59 Å². The van der Waals surface area contributed by atoms with Gasteiger partial charge in [-0.3, -0.25) is 9.59 Å². The van der Waals surface area contributed by atoms with E-state index in [0.29, 0.717) is 0 Å². The standard InChI is InChI=1S/C8H15NO7/c1-3(11)8(16,7(9)15)6(14)5(13)4(12)2-10/h4-6,10,12-14,16H,2H2,1H3,(H2,9,15). The van der Waals surface area contributed by atoms with Crippen molar-refractivity contribution < 1.29 is 35.1 Å². The molecule has 4 atom stereocenters. The molecule has 0 aliphatic rings. The minimum absolute atomic E-state index is 0.784. The SMILES string of the molecule is CC(=O)C(O)(C(N)=O)C(O)C(O)C(O)CO. The number of primary amides is 1. The topological polar surface area (TPSA) is 161 Å². The predicted molar refractivity (Wildman–Crippen MR) is 49.9 cm³/mol. The molecule has 0 spiro atoms.